The van der Waals surface area contributed by atoms with E-state index in [1.807, 2.05) is 0 Å². The van der Waals surface area contributed by atoms with Crippen molar-refractivity contribution < 1.29 is 29.6 Å². The van der Waals surface area contributed by atoms with Gasteiger partial charge in [-0.25, -0.2) is 0 Å². The molecule has 4 atom stereocenters. The molecule has 0 bridgehead atoms. The van der Waals surface area contributed by atoms with Crippen LogP contribution in [0.15, 0.2) is 0 Å². The molecule has 6 nitrogen and oxygen atoms in total. The minimum atomic E-state index is -1.26. The highest BCUT2D eigenvalue weighted by molar-refractivity contribution is 5.69. The maximum absolute atomic E-state index is 11.7. The quantitative estimate of drug-likeness (QED) is 0.320. The van der Waals surface area contributed by atoms with Gasteiger partial charge < -0.3 is 24.8 Å². The highest BCUT2D eigenvalue weighted by Gasteiger charge is 2.38. The maximum atomic E-state index is 11.7. The lowest BCUT2D eigenvalue weighted by Crippen LogP contribution is -2.54. The van der Waals surface area contributed by atoms with E-state index in [1.54, 1.807) is 0 Å². The van der Waals surface area contributed by atoms with Crippen molar-refractivity contribution in [3.63, 3.8) is 0 Å². The van der Waals surface area contributed by atoms with E-state index in [0.29, 0.717) is 6.42 Å². The maximum Gasteiger partial charge on any atom is 0.305 e. The Morgan fingerprint density at radius 3 is 2.00 bits per heavy atom. The highest BCUT2D eigenvalue weighted by atomic mass is 16.6. The summed E-state index contributed by atoms with van der Waals surface area (Å²) < 4.78 is 10.3. The normalized spacial score (nSPS) is 26.0. The zero-order chi connectivity index (χ0) is 19.2. The Balaban J connectivity index is 1.93. The van der Waals surface area contributed by atoms with Gasteiger partial charge in [-0.1, -0.05) is 71.1 Å². The number of hydrogen-bond acceptors (Lipinski definition) is 6. The lowest BCUT2D eigenvalue weighted by atomic mass is 10.0. The Morgan fingerprint density at radius 1 is 0.885 bits per heavy atom. The Labute approximate surface area is 157 Å². The molecule has 154 valence electrons. The third-order valence-electron chi connectivity index (χ3n) is 5.00. The molecule has 1 fully saturated rings. The molecule has 3 N–H and O–H groups in total. The molecule has 0 unspecified atom stereocenters. The van der Waals surface area contributed by atoms with Gasteiger partial charge in [0.1, 0.15) is 31.0 Å². The van der Waals surface area contributed by atoms with E-state index < -0.39 is 24.4 Å². The number of unbranched alkanes of at least 4 members (excludes halogenated alkanes) is 10. The van der Waals surface area contributed by atoms with Crippen LogP contribution in [0.1, 0.15) is 84.0 Å². The molecule has 1 saturated heterocycles. The van der Waals surface area contributed by atoms with Gasteiger partial charge in [-0.2, -0.15) is 0 Å². The Bertz CT molecular complexity index is 362. The predicted octanol–water partition coefficient (Wildman–Crippen LogP) is 2.71. The van der Waals surface area contributed by atoms with Crippen LogP contribution in [0.25, 0.3) is 0 Å². The average molecular weight is 375 g/mol. The van der Waals surface area contributed by atoms with Crippen molar-refractivity contribution in [2.45, 2.75) is 108 Å². The number of esters is 1. The number of aliphatic hydroxyl groups excluding tert-OH is 3. The van der Waals surface area contributed by atoms with Gasteiger partial charge in [0.2, 0.25) is 0 Å². The number of carbonyl (C=O) groups is 1. The molecule has 0 radical (unpaired) electrons. The zero-order valence-electron chi connectivity index (χ0n) is 16.3. The summed E-state index contributed by atoms with van der Waals surface area (Å²) in [5.41, 5.74) is 0. The van der Waals surface area contributed by atoms with Gasteiger partial charge in [0, 0.05) is 6.42 Å². The van der Waals surface area contributed by atoms with Crippen molar-refractivity contribution >= 4 is 5.97 Å². The van der Waals surface area contributed by atoms with E-state index in [4.69, 9.17) is 9.47 Å². The number of rotatable bonds is 14. The molecule has 1 aliphatic rings. The fourth-order valence-corrected chi connectivity index (χ4v) is 3.19. The van der Waals surface area contributed by atoms with E-state index in [2.05, 4.69) is 6.92 Å². The fraction of sp³-hybridized carbons (Fsp3) is 0.950. The standard InChI is InChI=1S/C20H38O6/c1-2-3-4-5-6-7-8-9-10-11-12-13-18(22)26-15-17-20(24)19(23)16(21)14-25-17/h16-17,19-21,23-24H,2-15H2,1H3/t16-,17-,19-,20-/m1/s1. The van der Waals surface area contributed by atoms with Crippen molar-refractivity contribution in [2.24, 2.45) is 0 Å². The Morgan fingerprint density at radius 2 is 1.42 bits per heavy atom. The number of carbonyl (C=O) groups excluding carboxylic acids is 1. The second-order valence-corrected chi connectivity index (χ2v) is 7.39. The summed E-state index contributed by atoms with van der Waals surface area (Å²) in [6.45, 7) is 2.07. The van der Waals surface area contributed by atoms with E-state index in [9.17, 15) is 20.1 Å². The lowest BCUT2D eigenvalue weighted by Gasteiger charge is -2.34. The van der Waals surface area contributed by atoms with E-state index in [1.165, 1.54) is 51.4 Å². The van der Waals surface area contributed by atoms with Gasteiger partial charge in [-0.05, 0) is 6.42 Å². The van der Waals surface area contributed by atoms with Gasteiger partial charge in [-0.3, -0.25) is 4.79 Å². The Kier molecular flexibility index (Phi) is 12.9. The van der Waals surface area contributed by atoms with Gasteiger partial charge in [-0.15, -0.1) is 0 Å². The number of hydrogen-bond donors (Lipinski definition) is 3. The van der Waals surface area contributed by atoms with Crippen LogP contribution in [-0.4, -0.2) is 58.9 Å². The lowest BCUT2D eigenvalue weighted by molar-refractivity contribution is -0.201. The van der Waals surface area contributed by atoms with E-state index >= 15 is 0 Å². The molecule has 0 aliphatic carbocycles. The SMILES string of the molecule is CCCCCCCCCCCCCC(=O)OC[C@H]1OC[C@@H](O)[C@@H](O)[C@@H]1O. The van der Waals surface area contributed by atoms with E-state index in [-0.39, 0.29) is 19.2 Å². The molecule has 0 aromatic heterocycles. The summed E-state index contributed by atoms with van der Waals surface area (Å²) in [5, 5.41) is 28.7. The van der Waals surface area contributed by atoms with Crippen LogP contribution >= 0.6 is 0 Å². The van der Waals surface area contributed by atoms with Gasteiger partial charge in [0.25, 0.3) is 0 Å². The minimum Gasteiger partial charge on any atom is -0.463 e. The summed E-state index contributed by atoms with van der Waals surface area (Å²) in [7, 11) is 0. The smallest absolute Gasteiger partial charge is 0.305 e. The molecule has 0 spiro atoms. The van der Waals surface area contributed by atoms with Crippen LogP contribution in [0.4, 0.5) is 0 Å². The van der Waals surface area contributed by atoms with Crippen LogP contribution in [-0.2, 0) is 14.3 Å². The van der Waals surface area contributed by atoms with Crippen molar-refractivity contribution in [1.29, 1.82) is 0 Å². The molecule has 26 heavy (non-hydrogen) atoms. The Hall–Kier alpha value is -0.690. The van der Waals surface area contributed by atoms with Gasteiger partial charge in [0.05, 0.1) is 6.61 Å². The second-order valence-electron chi connectivity index (χ2n) is 7.39. The molecule has 1 aliphatic heterocycles. The first-order valence-corrected chi connectivity index (χ1v) is 10.4. The monoisotopic (exact) mass is 374 g/mol. The molecule has 1 rings (SSSR count). The van der Waals surface area contributed by atoms with Gasteiger partial charge >= 0.3 is 5.97 Å². The average Bonchev–Trinajstić information content (AvgIpc) is 2.63. The first-order valence-electron chi connectivity index (χ1n) is 10.4. The first kappa shape index (κ1) is 23.3. The van der Waals surface area contributed by atoms with Crippen molar-refractivity contribution in [2.75, 3.05) is 13.2 Å². The van der Waals surface area contributed by atoms with Crippen molar-refractivity contribution in [1.82, 2.24) is 0 Å². The molecular formula is C20H38O6. The van der Waals surface area contributed by atoms with Gasteiger partial charge in [0.15, 0.2) is 0 Å². The summed E-state index contributed by atoms with van der Waals surface area (Å²) >= 11 is 0. The van der Waals surface area contributed by atoms with Crippen molar-refractivity contribution in [3.05, 3.63) is 0 Å². The molecule has 0 amide bonds. The second kappa shape index (κ2) is 14.4. The van der Waals surface area contributed by atoms with Crippen LogP contribution in [0, 0.1) is 0 Å². The summed E-state index contributed by atoms with van der Waals surface area (Å²) in [4.78, 5) is 11.7. The third kappa shape index (κ3) is 9.86. The summed E-state index contributed by atoms with van der Waals surface area (Å²) in [6.07, 6.45) is 9.49. The van der Waals surface area contributed by atoms with E-state index in [0.717, 1.165) is 19.3 Å². The van der Waals surface area contributed by atoms with Crippen LogP contribution in [0.5, 0.6) is 0 Å². The molecule has 0 saturated carbocycles. The topological polar surface area (TPSA) is 96.2 Å². The first-order chi connectivity index (χ1) is 12.6. The molecule has 0 aromatic carbocycles. The van der Waals surface area contributed by atoms with Crippen LogP contribution in [0.2, 0.25) is 0 Å². The predicted molar refractivity (Wildman–Crippen MR) is 99.8 cm³/mol. The molecule has 6 heteroatoms. The fourth-order valence-electron chi connectivity index (χ4n) is 3.19. The number of aliphatic hydroxyl groups is 3. The minimum absolute atomic E-state index is 0.0704. The highest BCUT2D eigenvalue weighted by Crippen LogP contribution is 2.16. The molecular weight excluding hydrogens is 336 g/mol. The largest absolute Gasteiger partial charge is 0.463 e. The zero-order valence-corrected chi connectivity index (χ0v) is 16.3. The van der Waals surface area contributed by atoms with Crippen molar-refractivity contribution in [3.8, 4) is 0 Å². The summed E-state index contributed by atoms with van der Waals surface area (Å²) in [6, 6.07) is 0. The van der Waals surface area contributed by atoms with Crippen LogP contribution in [0.3, 0.4) is 0 Å². The molecule has 1 heterocycles. The molecule has 0 aromatic rings. The summed E-state index contributed by atoms with van der Waals surface area (Å²) in [5.74, 6) is -0.308. The number of ether oxygens (including phenoxy) is 2. The third-order valence-corrected chi connectivity index (χ3v) is 5.00. The van der Waals surface area contributed by atoms with Crippen LogP contribution < -0.4 is 0 Å².